The van der Waals surface area contributed by atoms with Gasteiger partial charge in [0.1, 0.15) is 8.07 Å². The van der Waals surface area contributed by atoms with Crippen molar-refractivity contribution in [3.63, 3.8) is 0 Å². The Morgan fingerprint density at radius 3 is 2.17 bits per heavy atom. The summed E-state index contributed by atoms with van der Waals surface area (Å²) in [4.78, 5) is 13.7. The molecular formula is C26H39NOSi. The van der Waals surface area contributed by atoms with Crippen LogP contribution in [0, 0.1) is 5.92 Å². The van der Waals surface area contributed by atoms with E-state index in [1.807, 2.05) is 6.07 Å². The number of amides is 1. The summed E-state index contributed by atoms with van der Waals surface area (Å²) in [5.41, 5.74) is 4.41. The molecule has 1 fully saturated rings. The van der Waals surface area contributed by atoms with Gasteiger partial charge in [0.15, 0.2) is 0 Å². The molecule has 0 saturated heterocycles. The summed E-state index contributed by atoms with van der Waals surface area (Å²) in [5, 5.41) is 4.73. The van der Waals surface area contributed by atoms with Gasteiger partial charge in [0.2, 0.25) is 5.91 Å². The lowest BCUT2D eigenvalue weighted by molar-refractivity contribution is -0.118. The molecule has 0 radical (unpaired) electrons. The van der Waals surface area contributed by atoms with E-state index in [4.69, 9.17) is 0 Å². The topological polar surface area (TPSA) is 29.1 Å². The average Bonchev–Trinajstić information content (AvgIpc) is 2.68. The Balaban J connectivity index is 2.07. The van der Waals surface area contributed by atoms with Crippen molar-refractivity contribution < 1.29 is 4.79 Å². The fourth-order valence-electron chi connectivity index (χ4n) is 6.52. The molecule has 1 aromatic rings. The first-order valence-corrected chi connectivity index (χ1v) is 13.8. The van der Waals surface area contributed by atoms with Crippen LogP contribution < -0.4 is 5.32 Å². The number of carbonyl (C=O) groups excluding carboxylic acids is 1. The van der Waals surface area contributed by atoms with E-state index in [0.717, 1.165) is 6.42 Å². The molecule has 3 rings (SSSR count). The van der Waals surface area contributed by atoms with Crippen molar-refractivity contribution in [1.29, 1.82) is 0 Å². The first-order valence-electron chi connectivity index (χ1n) is 11.6. The highest BCUT2D eigenvalue weighted by Gasteiger charge is 2.52. The summed E-state index contributed by atoms with van der Waals surface area (Å²) in [6, 6.07) is 10.5. The molecule has 0 unspecified atom stereocenters. The van der Waals surface area contributed by atoms with E-state index in [1.165, 1.54) is 35.6 Å². The maximum Gasteiger partial charge on any atom is 0.243 e. The van der Waals surface area contributed by atoms with Crippen LogP contribution in [0.1, 0.15) is 72.8 Å². The Labute approximate surface area is 178 Å². The van der Waals surface area contributed by atoms with Crippen LogP contribution in [0.25, 0.3) is 6.08 Å². The van der Waals surface area contributed by atoms with Crippen LogP contribution in [0.2, 0.25) is 16.6 Å². The maximum atomic E-state index is 13.7. The zero-order chi connectivity index (χ0) is 21.2. The molecule has 0 aromatic heterocycles. The summed E-state index contributed by atoms with van der Waals surface area (Å²) in [6.45, 7) is 14.2. The minimum absolute atomic E-state index is 0.125. The molecule has 158 valence electrons. The van der Waals surface area contributed by atoms with E-state index in [-0.39, 0.29) is 11.9 Å². The van der Waals surface area contributed by atoms with Gasteiger partial charge >= 0.3 is 0 Å². The van der Waals surface area contributed by atoms with E-state index < -0.39 is 8.07 Å². The van der Waals surface area contributed by atoms with Crippen LogP contribution >= 0.6 is 0 Å². The maximum absolute atomic E-state index is 13.7. The Kier molecular flexibility index (Phi) is 6.88. The second-order valence-electron chi connectivity index (χ2n) is 9.92. The first-order chi connectivity index (χ1) is 13.8. The van der Waals surface area contributed by atoms with Gasteiger partial charge < -0.3 is 5.32 Å². The van der Waals surface area contributed by atoms with Gasteiger partial charge in [-0.25, -0.2) is 0 Å². The number of nitrogens with one attached hydrogen (secondary N) is 1. The van der Waals surface area contributed by atoms with E-state index in [1.54, 1.807) is 0 Å². The van der Waals surface area contributed by atoms with Crippen LogP contribution in [0.4, 0.5) is 0 Å². The molecule has 1 N–H and O–H groups in total. The third-order valence-electron chi connectivity index (χ3n) is 7.53. The van der Waals surface area contributed by atoms with Gasteiger partial charge in [-0.3, -0.25) is 4.79 Å². The van der Waals surface area contributed by atoms with Crippen molar-refractivity contribution in [2.75, 3.05) is 0 Å². The summed E-state index contributed by atoms with van der Waals surface area (Å²) in [5.74, 6) is 0.711. The van der Waals surface area contributed by atoms with Gasteiger partial charge in [0, 0.05) is 11.1 Å². The van der Waals surface area contributed by atoms with Gasteiger partial charge in [-0.2, -0.15) is 0 Å². The first kappa shape index (κ1) is 22.1. The van der Waals surface area contributed by atoms with Crippen molar-refractivity contribution in [3.8, 4) is 0 Å². The molecule has 1 heterocycles. The number of fused-ring (bicyclic) bond motifs is 1. The third kappa shape index (κ3) is 4.03. The molecule has 2 aliphatic rings. The Morgan fingerprint density at radius 2 is 1.59 bits per heavy atom. The SMILES string of the molecule is CC(C)[Si](C1=C2CCCC[C@H]2[C@H](/C=C/c2ccccc2)NC1=O)(C(C)C)C(C)C. The van der Waals surface area contributed by atoms with Crippen LogP contribution in [0.3, 0.4) is 0 Å². The molecular weight excluding hydrogens is 370 g/mol. The zero-order valence-electron chi connectivity index (χ0n) is 19.2. The lowest BCUT2D eigenvalue weighted by Gasteiger charge is -2.49. The quantitative estimate of drug-likeness (QED) is 0.508. The highest BCUT2D eigenvalue weighted by atomic mass is 28.3. The van der Waals surface area contributed by atoms with E-state index >= 15 is 0 Å². The number of benzene rings is 1. The lowest BCUT2D eigenvalue weighted by atomic mass is 9.77. The molecule has 1 aliphatic carbocycles. The molecule has 0 spiro atoms. The van der Waals surface area contributed by atoms with Crippen molar-refractivity contribution in [3.05, 3.63) is 52.7 Å². The van der Waals surface area contributed by atoms with Crippen LogP contribution in [-0.2, 0) is 4.79 Å². The van der Waals surface area contributed by atoms with Crippen molar-refractivity contribution in [2.24, 2.45) is 5.92 Å². The summed E-state index contributed by atoms with van der Waals surface area (Å²) in [7, 11) is -1.97. The number of rotatable bonds is 6. The van der Waals surface area contributed by atoms with E-state index in [0.29, 0.717) is 22.5 Å². The standard InChI is InChI=1S/C26H39NOSi/c1-18(2)29(19(3)4,20(5)6)25-23-15-11-10-14-22(23)24(27-26(25)28)17-16-21-12-8-7-9-13-21/h7-9,12-13,16-20,22,24H,10-11,14-15H2,1-6H3,(H,27,28)/b17-16+/t22-,24+/m1/s1. The highest BCUT2D eigenvalue weighted by molar-refractivity contribution is 6.93. The molecule has 1 amide bonds. The van der Waals surface area contributed by atoms with E-state index in [9.17, 15) is 4.79 Å². The van der Waals surface area contributed by atoms with Crippen molar-refractivity contribution in [1.82, 2.24) is 5.32 Å². The predicted octanol–water partition coefficient (Wildman–Crippen LogP) is 6.90. The highest BCUT2D eigenvalue weighted by Crippen LogP contribution is 2.51. The predicted molar refractivity (Wildman–Crippen MR) is 127 cm³/mol. The van der Waals surface area contributed by atoms with Gasteiger partial charge in [-0.1, -0.05) is 96.0 Å². The summed E-state index contributed by atoms with van der Waals surface area (Å²) < 4.78 is 0. The van der Waals surface area contributed by atoms with Crippen LogP contribution in [0.15, 0.2) is 47.2 Å². The van der Waals surface area contributed by atoms with Gasteiger partial charge in [-0.05, 0) is 41.4 Å². The average molecular weight is 410 g/mol. The molecule has 1 aromatic carbocycles. The van der Waals surface area contributed by atoms with E-state index in [2.05, 4.69) is 83.3 Å². The molecule has 0 bridgehead atoms. The zero-order valence-corrected chi connectivity index (χ0v) is 20.2. The van der Waals surface area contributed by atoms with Gasteiger partial charge in [-0.15, -0.1) is 0 Å². The minimum Gasteiger partial charge on any atom is -0.346 e. The van der Waals surface area contributed by atoms with Gasteiger partial charge in [0.05, 0.1) is 6.04 Å². The Morgan fingerprint density at radius 1 is 0.966 bits per heavy atom. The molecule has 29 heavy (non-hydrogen) atoms. The van der Waals surface area contributed by atoms with Crippen LogP contribution in [-0.4, -0.2) is 20.0 Å². The Hall–Kier alpha value is -1.61. The summed E-state index contributed by atoms with van der Waals surface area (Å²) in [6.07, 6.45) is 9.23. The molecule has 3 heteroatoms. The summed E-state index contributed by atoms with van der Waals surface area (Å²) >= 11 is 0. The van der Waals surface area contributed by atoms with Gasteiger partial charge in [0.25, 0.3) is 0 Å². The van der Waals surface area contributed by atoms with Crippen molar-refractivity contribution >= 4 is 20.1 Å². The fourth-order valence-corrected chi connectivity index (χ4v) is 13.6. The second kappa shape index (κ2) is 9.03. The number of hydrogen-bond donors (Lipinski definition) is 1. The molecule has 2 nitrogen and oxygen atoms in total. The smallest absolute Gasteiger partial charge is 0.243 e. The number of carbonyl (C=O) groups is 1. The minimum atomic E-state index is -1.97. The monoisotopic (exact) mass is 409 g/mol. The normalized spacial score (nSPS) is 23.3. The molecule has 1 aliphatic heterocycles. The van der Waals surface area contributed by atoms with Crippen LogP contribution in [0.5, 0.6) is 0 Å². The molecule has 2 atom stereocenters. The van der Waals surface area contributed by atoms with Crippen molar-refractivity contribution in [2.45, 2.75) is 89.9 Å². The lowest BCUT2D eigenvalue weighted by Crippen LogP contribution is -2.57. The third-order valence-corrected chi connectivity index (χ3v) is 14.7. The molecule has 1 saturated carbocycles. The Bertz CT molecular complexity index is 753. The largest absolute Gasteiger partial charge is 0.346 e. The fraction of sp³-hybridized carbons (Fsp3) is 0.577. The number of hydrogen-bond acceptors (Lipinski definition) is 1. The second-order valence-corrected chi connectivity index (χ2v) is 15.7.